The van der Waals surface area contributed by atoms with Gasteiger partial charge in [-0.05, 0) is 30.5 Å². The molecule has 0 bridgehead atoms. The first-order chi connectivity index (χ1) is 9.71. The van der Waals surface area contributed by atoms with Gasteiger partial charge in [0.05, 0.1) is 7.11 Å². The summed E-state index contributed by atoms with van der Waals surface area (Å²) in [7, 11) is 5.16. The number of methoxy groups -OCH3 is 2. The van der Waals surface area contributed by atoms with Crippen LogP contribution in [0.1, 0.15) is 17.5 Å². The fraction of sp³-hybridized carbons (Fsp3) is 0.533. The average Bonchev–Trinajstić information content (AvgIpc) is 2.48. The first kappa shape index (κ1) is 20.0. The standard InChI is InChI=1S/C15H25N3O2.HI/c1-12-6-7-13(10-14(12)20-4)11-18-15(16-2)17-8-5-9-19-3;/h6-7,10H,5,8-9,11H2,1-4H3,(H2,16,17,18);1H. The number of hydrogen-bond acceptors (Lipinski definition) is 3. The average molecular weight is 407 g/mol. The molecule has 1 aromatic carbocycles. The molecule has 0 saturated carbocycles. The van der Waals surface area contributed by atoms with Crippen molar-refractivity contribution < 1.29 is 9.47 Å². The number of rotatable bonds is 7. The van der Waals surface area contributed by atoms with Crippen LogP contribution in [0.15, 0.2) is 23.2 Å². The second-order valence-electron chi connectivity index (χ2n) is 4.50. The highest BCUT2D eigenvalue weighted by molar-refractivity contribution is 14.0. The van der Waals surface area contributed by atoms with Gasteiger partial charge in [0.25, 0.3) is 0 Å². The number of hydrogen-bond donors (Lipinski definition) is 2. The van der Waals surface area contributed by atoms with E-state index in [0.29, 0.717) is 6.54 Å². The van der Waals surface area contributed by atoms with E-state index in [4.69, 9.17) is 9.47 Å². The number of halogens is 1. The molecule has 0 aliphatic heterocycles. The molecule has 0 unspecified atom stereocenters. The first-order valence-corrected chi connectivity index (χ1v) is 6.78. The molecule has 21 heavy (non-hydrogen) atoms. The molecular weight excluding hydrogens is 381 g/mol. The fourth-order valence-electron chi connectivity index (χ4n) is 1.80. The minimum Gasteiger partial charge on any atom is -0.496 e. The molecule has 120 valence electrons. The molecule has 0 saturated heterocycles. The second kappa shape index (κ2) is 11.6. The molecule has 0 aliphatic rings. The highest BCUT2D eigenvalue weighted by Gasteiger charge is 2.02. The van der Waals surface area contributed by atoms with Crippen molar-refractivity contribution in [3.63, 3.8) is 0 Å². The van der Waals surface area contributed by atoms with Crippen LogP contribution in [0, 0.1) is 6.92 Å². The van der Waals surface area contributed by atoms with Crippen molar-refractivity contribution in [1.29, 1.82) is 0 Å². The van der Waals surface area contributed by atoms with Crippen molar-refractivity contribution >= 4 is 29.9 Å². The highest BCUT2D eigenvalue weighted by Crippen LogP contribution is 2.18. The van der Waals surface area contributed by atoms with Gasteiger partial charge in [-0.15, -0.1) is 24.0 Å². The van der Waals surface area contributed by atoms with Crippen molar-refractivity contribution in [2.24, 2.45) is 4.99 Å². The Kier molecular flexibility index (Phi) is 11.1. The molecule has 0 fully saturated rings. The molecule has 6 heteroatoms. The molecule has 0 heterocycles. The number of aryl methyl sites for hydroxylation is 1. The van der Waals surface area contributed by atoms with Gasteiger partial charge in [0.2, 0.25) is 0 Å². The van der Waals surface area contributed by atoms with Gasteiger partial charge in [-0.1, -0.05) is 12.1 Å². The summed E-state index contributed by atoms with van der Waals surface area (Å²) in [5.41, 5.74) is 2.30. The van der Waals surface area contributed by atoms with Crippen molar-refractivity contribution in [1.82, 2.24) is 10.6 Å². The van der Waals surface area contributed by atoms with Crippen LogP contribution < -0.4 is 15.4 Å². The molecule has 1 aromatic rings. The van der Waals surface area contributed by atoms with E-state index in [1.165, 1.54) is 0 Å². The Morgan fingerprint density at radius 2 is 2.00 bits per heavy atom. The van der Waals surface area contributed by atoms with Crippen LogP contribution in [0.4, 0.5) is 0 Å². The molecule has 0 amide bonds. The van der Waals surface area contributed by atoms with Crippen LogP contribution in [0.2, 0.25) is 0 Å². The molecular formula is C15H26IN3O2. The number of ether oxygens (including phenoxy) is 2. The van der Waals surface area contributed by atoms with Crippen molar-refractivity contribution in [2.75, 3.05) is 34.4 Å². The van der Waals surface area contributed by atoms with E-state index in [1.54, 1.807) is 21.3 Å². The molecule has 0 spiro atoms. The minimum atomic E-state index is 0. The SMILES string of the molecule is CN=C(NCCCOC)NCc1ccc(C)c(OC)c1.I. The Labute approximate surface area is 144 Å². The summed E-state index contributed by atoms with van der Waals surface area (Å²) in [5, 5.41) is 6.52. The number of aliphatic imine (C=N–C) groups is 1. The number of nitrogens with zero attached hydrogens (tertiary/aromatic N) is 1. The second-order valence-corrected chi connectivity index (χ2v) is 4.50. The van der Waals surface area contributed by atoms with Gasteiger partial charge in [-0.2, -0.15) is 0 Å². The Bertz CT molecular complexity index is 439. The van der Waals surface area contributed by atoms with Gasteiger partial charge >= 0.3 is 0 Å². The van der Waals surface area contributed by atoms with E-state index < -0.39 is 0 Å². The quantitative estimate of drug-likeness (QED) is 0.315. The normalized spacial score (nSPS) is 10.8. The summed E-state index contributed by atoms with van der Waals surface area (Å²) in [5.74, 6) is 1.70. The predicted molar refractivity (Wildman–Crippen MR) is 97.8 cm³/mol. The van der Waals surface area contributed by atoms with Crippen LogP contribution in [-0.2, 0) is 11.3 Å². The molecule has 5 nitrogen and oxygen atoms in total. The smallest absolute Gasteiger partial charge is 0.191 e. The topological polar surface area (TPSA) is 54.9 Å². The number of nitrogens with one attached hydrogen (secondary N) is 2. The maximum absolute atomic E-state index is 5.32. The third-order valence-corrected chi connectivity index (χ3v) is 2.97. The molecule has 1 rings (SSSR count). The lowest BCUT2D eigenvalue weighted by Crippen LogP contribution is -2.37. The van der Waals surface area contributed by atoms with E-state index in [2.05, 4.69) is 27.8 Å². The lowest BCUT2D eigenvalue weighted by Gasteiger charge is -2.13. The molecule has 0 aromatic heterocycles. The summed E-state index contributed by atoms with van der Waals surface area (Å²) in [6.45, 7) is 4.33. The summed E-state index contributed by atoms with van der Waals surface area (Å²) >= 11 is 0. The minimum absolute atomic E-state index is 0. The van der Waals surface area contributed by atoms with Crippen molar-refractivity contribution in [3.8, 4) is 5.75 Å². The van der Waals surface area contributed by atoms with Crippen molar-refractivity contribution in [3.05, 3.63) is 29.3 Å². The highest BCUT2D eigenvalue weighted by atomic mass is 127. The third kappa shape index (κ3) is 7.52. The van der Waals surface area contributed by atoms with Crippen molar-refractivity contribution in [2.45, 2.75) is 19.9 Å². The van der Waals surface area contributed by atoms with Gasteiger partial charge in [0.1, 0.15) is 5.75 Å². The van der Waals surface area contributed by atoms with Crippen LogP contribution in [0.25, 0.3) is 0 Å². The summed E-state index contributed by atoms with van der Waals surface area (Å²) in [6.07, 6.45) is 0.954. The van der Waals surface area contributed by atoms with Gasteiger partial charge in [-0.3, -0.25) is 4.99 Å². The zero-order chi connectivity index (χ0) is 14.8. The van der Waals surface area contributed by atoms with Crippen LogP contribution in [-0.4, -0.2) is 40.4 Å². The molecule has 0 atom stereocenters. The first-order valence-electron chi connectivity index (χ1n) is 6.78. The summed E-state index contributed by atoms with van der Waals surface area (Å²) in [6, 6.07) is 6.19. The van der Waals surface area contributed by atoms with E-state index in [9.17, 15) is 0 Å². The zero-order valence-electron chi connectivity index (χ0n) is 13.2. The van der Waals surface area contributed by atoms with E-state index in [1.807, 2.05) is 13.0 Å². The number of benzene rings is 1. The third-order valence-electron chi connectivity index (χ3n) is 2.97. The predicted octanol–water partition coefficient (Wildman–Crippen LogP) is 2.32. The Morgan fingerprint density at radius 1 is 1.24 bits per heavy atom. The van der Waals surface area contributed by atoms with Crippen LogP contribution in [0.3, 0.4) is 0 Å². The van der Waals surface area contributed by atoms with E-state index in [0.717, 1.165) is 42.4 Å². The van der Waals surface area contributed by atoms with Gasteiger partial charge in [0.15, 0.2) is 5.96 Å². The summed E-state index contributed by atoms with van der Waals surface area (Å²) < 4.78 is 10.3. The Balaban J connectivity index is 0.00000400. The lowest BCUT2D eigenvalue weighted by atomic mass is 10.1. The summed E-state index contributed by atoms with van der Waals surface area (Å²) in [4.78, 5) is 4.18. The zero-order valence-corrected chi connectivity index (χ0v) is 15.6. The lowest BCUT2D eigenvalue weighted by molar-refractivity contribution is 0.195. The Hall–Kier alpha value is -1.02. The van der Waals surface area contributed by atoms with E-state index >= 15 is 0 Å². The molecule has 2 N–H and O–H groups in total. The maximum Gasteiger partial charge on any atom is 0.191 e. The Morgan fingerprint density at radius 3 is 2.62 bits per heavy atom. The van der Waals surface area contributed by atoms with Crippen LogP contribution >= 0.6 is 24.0 Å². The molecule has 0 aliphatic carbocycles. The van der Waals surface area contributed by atoms with Gasteiger partial charge in [0, 0.05) is 33.9 Å². The van der Waals surface area contributed by atoms with Gasteiger partial charge < -0.3 is 20.1 Å². The monoisotopic (exact) mass is 407 g/mol. The fourth-order valence-corrected chi connectivity index (χ4v) is 1.80. The number of guanidine groups is 1. The maximum atomic E-state index is 5.32. The largest absolute Gasteiger partial charge is 0.496 e. The van der Waals surface area contributed by atoms with Crippen LogP contribution in [0.5, 0.6) is 5.75 Å². The molecule has 0 radical (unpaired) electrons. The van der Waals surface area contributed by atoms with Gasteiger partial charge in [-0.25, -0.2) is 0 Å². The van der Waals surface area contributed by atoms with E-state index in [-0.39, 0.29) is 24.0 Å².